The fraction of sp³-hybridized carbons (Fsp3) is 0.727. The summed E-state index contributed by atoms with van der Waals surface area (Å²) in [5.74, 6) is 0.810. The fourth-order valence-corrected chi connectivity index (χ4v) is 1.65. The average Bonchev–Trinajstić information content (AvgIpc) is 2.99. The molecule has 1 aromatic heterocycles. The van der Waals surface area contributed by atoms with Gasteiger partial charge in [-0.2, -0.15) is 4.98 Å². The fourth-order valence-electron chi connectivity index (χ4n) is 1.65. The van der Waals surface area contributed by atoms with Crippen LogP contribution in [0.2, 0.25) is 0 Å². The Morgan fingerprint density at radius 1 is 1.59 bits per heavy atom. The minimum atomic E-state index is -0.859. The number of aromatic nitrogens is 2. The van der Waals surface area contributed by atoms with Crippen molar-refractivity contribution in [2.75, 3.05) is 0 Å². The number of hydrogen-bond acceptors (Lipinski definition) is 5. The van der Waals surface area contributed by atoms with Gasteiger partial charge in [0.05, 0.1) is 6.54 Å². The van der Waals surface area contributed by atoms with Gasteiger partial charge in [0.15, 0.2) is 5.82 Å². The van der Waals surface area contributed by atoms with E-state index in [9.17, 15) is 4.79 Å². The molecule has 2 N–H and O–H groups in total. The number of hydrogen-bond donors (Lipinski definition) is 2. The third kappa shape index (κ3) is 3.03. The summed E-state index contributed by atoms with van der Waals surface area (Å²) in [7, 11) is 0. The van der Waals surface area contributed by atoms with Crippen molar-refractivity contribution in [3.63, 3.8) is 0 Å². The molecule has 0 spiro atoms. The van der Waals surface area contributed by atoms with Gasteiger partial charge < -0.3 is 9.63 Å². The molecule has 1 unspecified atom stereocenters. The molecule has 0 bridgehead atoms. The summed E-state index contributed by atoms with van der Waals surface area (Å²) >= 11 is 0. The topological polar surface area (TPSA) is 88.3 Å². The molecule has 0 radical (unpaired) electrons. The summed E-state index contributed by atoms with van der Waals surface area (Å²) in [6.07, 6.45) is 2.24. The SMILES string of the molecule is CC(C)C(NCc1nc(C2CC2)no1)C(=O)O. The Kier molecular flexibility index (Phi) is 3.42. The van der Waals surface area contributed by atoms with Gasteiger partial charge in [0.25, 0.3) is 0 Å². The van der Waals surface area contributed by atoms with E-state index in [2.05, 4.69) is 15.5 Å². The Bertz CT molecular complexity index is 398. The summed E-state index contributed by atoms with van der Waals surface area (Å²) in [4.78, 5) is 15.2. The van der Waals surface area contributed by atoms with Crippen LogP contribution in [0.25, 0.3) is 0 Å². The van der Waals surface area contributed by atoms with Crippen LogP contribution >= 0.6 is 0 Å². The molecule has 17 heavy (non-hydrogen) atoms. The number of rotatable bonds is 6. The third-order valence-corrected chi connectivity index (χ3v) is 2.83. The van der Waals surface area contributed by atoms with Crippen molar-refractivity contribution in [2.24, 2.45) is 5.92 Å². The van der Waals surface area contributed by atoms with E-state index in [0.717, 1.165) is 18.7 Å². The number of carboxylic acid groups (broad SMARTS) is 1. The largest absolute Gasteiger partial charge is 0.480 e. The third-order valence-electron chi connectivity index (χ3n) is 2.83. The van der Waals surface area contributed by atoms with E-state index in [-0.39, 0.29) is 5.92 Å². The second kappa shape index (κ2) is 4.83. The van der Waals surface area contributed by atoms with Crippen molar-refractivity contribution in [1.82, 2.24) is 15.5 Å². The van der Waals surface area contributed by atoms with E-state index in [1.807, 2.05) is 13.8 Å². The lowest BCUT2D eigenvalue weighted by Crippen LogP contribution is -2.40. The lowest BCUT2D eigenvalue weighted by atomic mass is 10.1. The minimum absolute atomic E-state index is 0.0123. The van der Waals surface area contributed by atoms with Crippen molar-refractivity contribution in [2.45, 2.75) is 45.2 Å². The maximum absolute atomic E-state index is 11.0. The molecule has 94 valence electrons. The van der Waals surface area contributed by atoms with Gasteiger partial charge in [0.1, 0.15) is 6.04 Å². The highest BCUT2D eigenvalue weighted by Gasteiger charge is 2.29. The molecule has 1 aliphatic rings. The first-order valence-corrected chi connectivity index (χ1v) is 5.86. The lowest BCUT2D eigenvalue weighted by molar-refractivity contribution is -0.140. The Labute approximate surface area is 99.4 Å². The Morgan fingerprint density at radius 2 is 2.29 bits per heavy atom. The van der Waals surface area contributed by atoms with Crippen molar-refractivity contribution in [3.05, 3.63) is 11.7 Å². The van der Waals surface area contributed by atoms with E-state index >= 15 is 0 Å². The molecule has 1 saturated carbocycles. The lowest BCUT2D eigenvalue weighted by Gasteiger charge is -2.16. The van der Waals surface area contributed by atoms with Gasteiger partial charge >= 0.3 is 5.97 Å². The highest BCUT2D eigenvalue weighted by Crippen LogP contribution is 2.38. The predicted molar refractivity (Wildman–Crippen MR) is 59.4 cm³/mol. The zero-order chi connectivity index (χ0) is 12.4. The average molecular weight is 239 g/mol. The second-order valence-corrected chi connectivity index (χ2v) is 4.76. The smallest absolute Gasteiger partial charge is 0.320 e. The number of carboxylic acids is 1. The van der Waals surface area contributed by atoms with Crippen LogP contribution in [-0.4, -0.2) is 27.3 Å². The van der Waals surface area contributed by atoms with Crippen molar-refractivity contribution in [1.29, 1.82) is 0 Å². The molecule has 6 nitrogen and oxygen atoms in total. The molecule has 1 aliphatic carbocycles. The molecule has 1 aromatic rings. The monoisotopic (exact) mass is 239 g/mol. The summed E-state index contributed by atoms with van der Waals surface area (Å²) < 4.78 is 5.06. The van der Waals surface area contributed by atoms with Gasteiger partial charge in [-0.1, -0.05) is 19.0 Å². The number of aliphatic carboxylic acids is 1. The molecule has 0 aliphatic heterocycles. The molecule has 1 heterocycles. The molecule has 0 amide bonds. The maximum Gasteiger partial charge on any atom is 0.320 e. The van der Waals surface area contributed by atoms with Crippen LogP contribution in [0.4, 0.5) is 0 Å². The van der Waals surface area contributed by atoms with Gasteiger partial charge in [0.2, 0.25) is 5.89 Å². The molecule has 2 rings (SSSR count). The van der Waals surface area contributed by atoms with Crippen molar-refractivity contribution >= 4 is 5.97 Å². The molecule has 1 fully saturated rings. The molecule has 0 saturated heterocycles. The highest BCUT2D eigenvalue weighted by molar-refractivity contribution is 5.73. The number of carbonyl (C=O) groups is 1. The second-order valence-electron chi connectivity index (χ2n) is 4.76. The van der Waals surface area contributed by atoms with E-state index in [4.69, 9.17) is 9.63 Å². The zero-order valence-electron chi connectivity index (χ0n) is 10.0. The van der Waals surface area contributed by atoms with E-state index in [0.29, 0.717) is 18.4 Å². The van der Waals surface area contributed by atoms with Gasteiger partial charge in [0, 0.05) is 5.92 Å². The zero-order valence-corrected chi connectivity index (χ0v) is 10.0. The molecule has 1 atom stereocenters. The summed E-state index contributed by atoms with van der Waals surface area (Å²) in [6, 6.07) is -0.591. The van der Waals surface area contributed by atoms with Crippen LogP contribution in [0.1, 0.15) is 44.3 Å². The van der Waals surface area contributed by atoms with Crippen LogP contribution in [0.15, 0.2) is 4.52 Å². The quantitative estimate of drug-likeness (QED) is 0.774. The summed E-state index contributed by atoms with van der Waals surface area (Å²) in [5, 5.41) is 15.8. The standard InChI is InChI=1S/C11H17N3O3/c1-6(2)9(11(15)16)12-5-8-13-10(14-17-8)7-3-4-7/h6-7,9,12H,3-5H2,1-2H3,(H,15,16). The van der Waals surface area contributed by atoms with E-state index < -0.39 is 12.0 Å². The van der Waals surface area contributed by atoms with Gasteiger partial charge in [-0.25, -0.2) is 0 Å². The Morgan fingerprint density at radius 3 is 2.82 bits per heavy atom. The predicted octanol–water partition coefficient (Wildman–Crippen LogP) is 1.15. The van der Waals surface area contributed by atoms with E-state index in [1.165, 1.54) is 0 Å². The molecule has 6 heteroatoms. The van der Waals surface area contributed by atoms with Crippen LogP contribution < -0.4 is 5.32 Å². The highest BCUT2D eigenvalue weighted by atomic mass is 16.5. The van der Waals surface area contributed by atoms with Crippen LogP contribution in [0, 0.1) is 5.92 Å². The summed E-state index contributed by atoms with van der Waals surface area (Å²) in [6.45, 7) is 4.01. The molecule has 0 aromatic carbocycles. The van der Waals surface area contributed by atoms with Crippen LogP contribution in [0.5, 0.6) is 0 Å². The van der Waals surface area contributed by atoms with Crippen LogP contribution in [0.3, 0.4) is 0 Å². The maximum atomic E-state index is 11.0. The first kappa shape index (κ1) is 12.0. The van der Waals surface area contributed by atoms with E-state index in [1.54, 1.807) is 0 Å². The van der Waals surface area contributed by atoms with Crippen molar-refractivity contribution < 1.29 is 14.4 Å². The van der Waals surface area contributed by atoms with Crippen LogP contribution in [-0.2, 0) is 11.3 Å². The van der Waals surface area contributed by atoms with Crippen molar-refractivity contribution in [3.8, 4) is 0 Å². The first-order chi connectivity index (χ1) is 8.08. The molecular weight excluding hydrogens is 222 g/mol. The normalized spacial score (nSPS) is 17.4. The molecular formula is C11H17N3O3. The number of nitrogens with one attached hydrogen (secondary N) is 1. The van der Waals surface area contributed by atoms with Gasteiger partial charge in [-0.15, -0.1) is 0 Å². The van der Waals surface area contributed by atoms with Gasteiger partial charge in [-0.3, -0.25) is 10.1 Å². The summed E-state index contributed by atoms with van der Waals surface area (Å²) in [5.41, 5.74) is 0. The number of nitrogens with zero attached hydrogens (tertiary/aromatic N) is 2. The Hall–Kier alpha value is -1.43. The van der Waals surface area contributed by atoms with Gasteiger partial charge in [-0.05, 0) is 18.8 Å². The first-order valence-electron chi connectivity index (χ1n) is 5.86. The minimum Gasteiger partial charge on any atom is -0.480 e. The Balaban J connectivity index is 1.89.